The molecule has 1 heterocycles. The summed E-state index contributed by atoms with van der Waals surface area (Å²) in [6, 6.07) is 4.66. The van der Waals surface area contributed by atoms with Crippen molar-refractivity contribution in [2.75, 3.05) is 25.1 Å². The Morgan fingerprint density at radius 3 is 3.11 bits per heavy atom. The molecule has 19 heavy (non-hydrogen) atoms. The zero-order valence-electron chi connectivity index (χ0n) is 10.4. The van der Waals surface area contributed by atoms with Crippen molar-refractivity contribution in [1.29, 1.82) is 0 Å². The number of azide groups is 1. The van der Waals surface area contributed by atoms with E-state index in [9.17, 15) is 9.18 Å². The van der Waals surface area contributed by atoms with Crippen LogP contribution in [0.4, 0.5) is 10.1 Å². The molecule has 1 saturated heterocycles. The first-order chi connectivity index (χ1) is 9.17. The highest BCUT2D eigenvalue weighted by Crippen LogP contribution is 2.31. The topological polar surface area (TPSA) is 78.3 Å². The Kier molecular flexibility index (Phi) is 3.87. The molecule has 7 heteroatoms. The molecule has 1 aliphatic rings. The summed E-state index contributed by atoms with van der Waals surface area (Å²) in [4.78, 5) is 15.9. The molecule has 100 valence electrons. The van der Waals surface area contributed by atoms with Gasteiger partial charge in [0.25, 0.3) is 0 Å². The first-order valence-electron chi connectivity index (χ1n) is 5.81. The van der Waals surface area contributed by atoms with E-state index in [4.69, 9.17) is 10.3 Å². The molecule has 0 N–H and O–H groups in total. The second kappa shape index (κ2) is 5.58. The molecule has 1 amide bonds. The average Bonchev–Trinajstić information content (AvgIpc) is 2.78. The van der Waals surface area contributed by atoms with Gasteiger partial charge in [0.1, 0.15) is 0 Å². The van der Waals surface area contributed by atoms with Gasteiger partial charge in [-0.3, -0.25) is 4.79 Å². The van der Waals surface area contributed by atoms with Crippen molar-refractivity contribution in [2.24, 2.45) is 11.0 Å². The lowest BCUT2D eigenvalue weighted by Crippen LogP contribution is -2.25. The van der Waals surface area contributed by atoms with Gasteiger partial charge in [0.15, 0.2) is 11.6 Å². The lowest BCUT2D eigenvalue weighted by molar-refractivity contribution is -0.117. The fourth-order valence-electron chi connectivity index (χ4n) is 2.15. The Balaban J connectivity index is 2.23. The molecule has 0 spiro atoms. The van der Waals surface area contributed by atoms with E-state index in [1.54, 1.807) is 6.07 Å². The monoisotopic (exact) mass is 264 g/mol. The summed E-state index contributed by atoms with van der Waals surface area (Å²) in [7, 11) is 1.37. The van der Waals surface area contributed by atoms with E-state index < -0.39 is 5.82 Å². The highest BCUT2D eigenvalue weighted by atomic mass is 19.1. The Bertz CT molecular complexity index is 543. The smallest absolute Gasteiger partial charge is 0.227 e. The minimum Gasteiger partial charge on any atom is -0.494 e. The Hall–Kier alpha value is -2.27. The lowest BCUT2D eigenvalue weighted by Gasteiger charge is -2.18. The largest absolute Gasteiger partial charge is 0.494 e. The molecule has 1 fully saturated rings. The van der Waals surface area contributed by atoms with Crippen molar-refractivity contribution >= 4 is 11.6 Å². The number of amides is 1. The van der Waals surface area contributed by atoms with E-state index in [0.29, 0.717) is 6.54 Å². The Morgan fingerprint density at radius 1 is 1.63 bits per heavy atom. The van der Waals surface area contributed by atoms with Crippen molar-refractivity contribution in [3.8, 4) is 5.75 Å². The van der Waals surface area contributed by atoms with Crippen LogP contribution < -0.4 is 9.64 Å². The number of ether oxygens (including phenoxy) is 1. The zero-order valence-corrected chi connectivity index (χ0v) is 10.4. The summed E-state index contributed by atoms with van der Waals surface area (Å²) >= 11 is 0. The maximum atomic E-state index is 14.1. The van der Waals surface area contributed by atoms with Crippen molar-refractivity contribution in [3.63, 3.8) is 0 Å². The molecule has 0 radical (unpaired) electrons. The maximum absolute atomic E-state index is 14.1. The lowest BCUT2D eigenvalue weighted by atomic mass is 10.1. The molecule has 1 aromatic rings. The molecule has 0 aliphatic carbocycles. The molecule has 6 nitrogen and oxygen atoms in total. The quantitative estimate of drug-likeness (QED) is 0.475. The maximum Gasteiger partial charge on any atom is 0.227 e. The average molecular weight is 264 g/mol. The van der Waals surface area contributed by atoms with Crippen LogP contribution >= 0.6 is 0 Å². The molecule has 0 bridgehead atoms. The van der Waals surface area contributed by atoms with Crippen molar-refractivity contribution in [2.45, 2.75) is 6.42 Å². The van der Waals surface area contributed by atoms with Gasteiger partial charge in [-0.1, -0.05) is 11.2 Å². The molecule has 1 aromatic carbocycles. The Labute approximate surface area is 109 Å². The van der Waals surface area contributed by atoms with Crippen LogP contribution in [0.5, 0.6) is 5.75 Å². The summed E-state index contributed by atoms with van der Waals surface area (Å²) in [6.07, 6.45) is 0.260. The van der Waals surface area contributed by atoms with Gasteiger partial charge >= 0.3 is 0 Å². The van der Waals surface area contributed by atoms with Gasteiger partial charge in [0.05, 0.1) is 12.8 Å². The van der Waals surface area contributed by atoms with Crippen LogP contribution in [-0.4, -0.2) is 26.1 Å². The van der Waals surface area contributed by atoms with Gasteiger partial charge in [-0.15, -0.1) is 0 Å². The van der Waals surface area contributed by atoms with Crippen molar-refractivity contribution in [1.82, 2.24) is 0 Å². The van der Waals surface area contributed by atoms with Gasteiger partial charge in [-0.25, -0.2) is 4.39 Å². The van der Waals surface area contributed by atoms with Crippen LogP contribution in [0.15, 0.2) is 23.3 Å². The standard InChI is InChI=1S/C12H13FN4O2/c1-19-10-4-2-3-9(12(10)13)17-7-8(5-11(17)18)6-15-16-14/h2-4,8H,5-7H2,1H3. The van der Waals surface area contributed by atoms with Gasteiger partial charge < -0.3 is 9.64 Å². The number of hydrogen-bond acceptors (Lipinski definition) is 3. The van der Waals surface area contributed by atoms with Crippen LogP contribution in [0.1, 0.15) is 6.42 Å². The van der Waals surface area contributed by atoms with Crippen LogP contribution in [-0.2, 0) is 4.79 Å². The van der Waals surface area contributed by atoms with Crippen molar-refractivity contribution < 1.29 is 13.9 Å². The number of anilines is 1. The second-order valence-corrected chi connectivity index (χ2v) is 4.28. The van der Waals surface area contributed by atoms with E-state index in [2.05, 4.69) is 10.0 Å². The molecule has 1 aliphatic heterocycles. The van der Waals surface area contributed by atoms with E-state index in [0.717, 1.165) is 0 Å². The van der Waals surface area contributed by atoms with Crippen LogP contribution in [0.2, 0.25) is 0 Å². The molecule has 0 saturated carbocycles. The summed E-state index contributed by atoms with van der Waals surface area (Å²) in [5.41, 5.74) is 8.47. The third-order valence-electron chi connectivity index (χ3n) is 3.06. The third kappa shape index (κ3) is 2.61. The number of carbonyl (C=O) groups is 1. The predicted octanol–water partition coefficient (Wildman–Crippen LogP) is 2.50. The fourth-order valence-corrected chi connectivity index (χ4v) is 2.15. The van der Waals surface area contributed by atoms with Gasteiger partial charge in [-0.2, -0.15) is 0 Å². The van der Waals surface area contributed by atoms with Crippen LogP contribution in [0.25, 0.3) is 10.4 Å². The molecule has 0 aromatic heterocycles. The number of hydrogen-bond donors (Lipinski definition) is 0. The number of methoxy groups -OCH3 is 1. The third-order valence-corrected chi connectivity index (χ3v) is 3.06. The molecule has 2 rings (SSSR count). The number of nitrogens with zero attached hydrogens (tertiary/aromatic N) is 4. The minimum atomic E-state index is -0.553. The Morgan fingerprint density at radius 2 is 2.42 bits per heavy atom. The molecule has 1 atom stereocenters. The summed E-state index contributed by atoms with van der Waals surface area (Å²) < 4.78 is 19.0. The summed E-state index contributed by atoms with van der Waals surface area (Å²) in [5.74, 6) is -0.703. The van der Waals surface area contributed by atoms with E-state index in [-0.39, 0.29) is 36.2 Å². The van der Waals surface area contributed by atoms with Gasteiger partial charge in [0, 0.05) is 24.4 Å². The highest BCUT2D eigenvalue weighted by molar-refractivity contribution is 5.96. The SMILES string of the molecule is COc1cccc(N2CC(CN=[N+]=[N-])CC2=O)c1F. The predicted molar refractivity (Wildman–Crippen MR) is 67.4 cm³/mol. The zero-order chi connectivity index (χ0) is 13.8. The molecule has 1 unspecified atom stereocenters. The summed E-state index contributed by atoms with van der Waals surface area (Å²) in [5, 5.41) is 3.46. The number of halogens is 1. The molecular weight excluding hydrogens is 251 g/mol. The second-order valence-electron chi connectivity index (χ2n) is 4.28. The van der Waals surface area contributed by atoms with E-state index in [1.165, 1.54) is 24.1 Å². The minimum absolute atomic E-state index is 0.0750. The number of benzene rings is 1. The van der Waals surface area contributed by atoms with Gasteiger partial charge in [0.2, 0.25) is 5.91 Å². The fraction of sp³-hybridized carbons (Fsp3) is 0.417. The van der Waals surface area contributed by atoms with E-state index >= 15 is 0 Å². The normalized spacial score (nSPS) is 18.3. The van der Waals surface area contributed by atoms with Crippen LogP contribution in [0.3, 0.4) is 0 Å². The number of carbonyl (C=O) groups excluding carboxylic acids is 1. The summed E-state index contributed by atoms with van der Waals surface area (Å²) in [6.45, 7) is 0.590. The first-order valence-corrected chi connectivity index (χ1v) is 5.81. The van der Waals surface area contributed by atoms with Gasteiger partial charge in [-0.05, 0) is 23.6 Å². The number of rotatable bonds is 4. The molecular formula is C12H13FN4O2. The highest BCUT2D eigenvalue weighted by Gasteiger charge is 2.32. The van der Waals surface area contributed by atoms with E-state index in [1.807, 2.05) is 0 Å². The van der Waals surface area contributed by atoms with Crippen LogP contribution in [0, 0.1) is 11.7 Å². The van der Waals surface area contributed by atoms with Crippen molar-refractivity contribution in [3.05, 3.63) is 34.5 Å². The first kappa shape index (κ1) is 13.2.